The summed E-state index contributed by atoms with van der Waals surface area (Å²) < 4.78 is 11.0. The van der Waals surface area contributed by atoms with Gasteiger partial charge in [-0.2, -0.15) is 0 Å². The highest BCUT2D eigenvalue weighted by Gasteiger charge is 2.26. The summed E-state index contributed by atoms with van der Waals surface area (Å²) in [5.74, 6) is 1.85. The molecule has 4 heteroatoms. The fourth-order valence-electron chi connectivity index (χ4n) is 2.34. The number of hydrogen-bond donors (Lipinski definition) is 1. The molecular weight excluding hydrogens is 238 g/mol. The molecule has 2 heterocycles. The van der Waals surface area contributed by atoms with E-state index in [9.17, 15) is 0 Å². The molecule has 17 heavy (non-hydrogen) atoms. The third-order valence-corrected chi connectivity index (χ3v) is 3.18. The van der Waals surface area contributed by atoms with Crippen LogP contribution in [-0.4, -0.2) is 26.3 Å². The van der Waals surface area contributed by atoms with Crippen LogP contribution in [-0.2, 0) is 0 Å². The summed E-state index contributed by atoms with van der Waals surface area (Å²) in [4.78, 5) is 0. The van der Waals surface area contributed by atoms with E-state index in [4.69, 9.17) is 9.47 Å². The van der Waals surface area contributed by atoms with Crippen molar-refractivity contribution in [2.45, 2.75) is 12.5 Å². The fourth-order valence-corrected chi connectivity index (χ4v) is 2.34. The average Bonchev–Trinajstić information content (AvgIpc) is 2.38. The Bertz CT molecular complexity index is 445. The molecule has 0 radical (unpaired) electrons. The maximum atomic E-state index is 5.73. The molecule has 1 aromatic rings. The van der Waals surface area contributed by atoms with Gasteiger partial charge in [-0.1, -0.05) is 6.08 Å². The maximum Gasteiger partial charge on any atom is 0.127 e. The zero-order valence-corrected chi connectivity index (χ0v) is 10.5. The molecule has 2 aliphatic rings. The van der Waals surface area contributed by atoms with Gasteiger partial charge in [0.2, 0.25) is 0 Å². The summed E-state index contributed by atoms with van der Waals surface area (Å²) in [5.41, 5.74) is 2.52. The number of halogens is 1. The molecule has 2 aliphatic heterocycles. The van der Waals surface area contributed by atoms with Crippen LogP contribution in [0.1, 0.15) is 12.0 Å². The van der Waals surface area contributed by atoms with E-state index < -0.39 is 0 Å². The van der Waals surface area contributed by atoms with Gasteiger partial charge in [0.15, 0.2) is 0 Å². The average molecular weight is 254 g/mol. The molecule has 0 aliphatic carbocycles. The van der Waals surface area contributed by atoms with E-state index in [1.54, 1.807) is 7.11 Å². The van der Waals surface area contributed by atoms with Crippen molar-refractivity contribution in [2.24, 2.45) is 0 Å². The van der Waals surface area contributed by atoms with Gasteiger partial charge in [-0.15, -0.1) is 12.4 Å². The van der Waals surface area contributed by atoms with E-state index in [1.165, 1.54) is 11.1 Å². The van der Waals surface area contributed by atoms with Crippen molar-refractivity contribution in [2.75, 3.05) is 20.3 Å². The Balaban J connectivity index is 0.00000108. The number of fused-ring (bicyclic) bond motifs is 3. The number of ether oxygens (including phenoxy) is 2. The lowest BCUT2D eigenvalue weighted by molar-refractivity contribution is 0.275. The minimum absolute atomic E-state index is 0. The molecule has 1 aromatic carbocycles. The minimum atomic E-state index is 0. The second kappa shape index (κ2) is 4.98. The van der Waals surface area contributed by atoms with Gasteiger partial charge in [0, 0.05) is 5.56 Å². The summed E-state index contributed by atoms with van der Waals surface area (Å²) in [6.45, 7) is 1.77. The summed E-state index contributed by atoms with van der Waals surface area (Å²) in [7, 11) is 1.69. The van der Waals surface area contributed by atoms with Gasteiger partial charge in [-0.05, 0) is 36.7 Å². The Hall–Kier alpha value is -1.19. The molecular formula is C13H16ClNO2. The summed E-state index contributed by atoms with van der Waals surface area (Å²) >= 11 is 0. The first kappa shape index (κ1) is 12.3. The van der Waals surface area contributed by atoms with Gasteiger partial charge in [-0.25, -0.2) is 0 Å². The lowest BCUT2D eigenvalue weighted by atomic mass is 9.92. The van der Waals surface area contributed by atoms with Crippen LogP contribution >= 0.6 is 12.4 Å². The minimum Gasteiger partial charge on any atom is -0.497 e. The van der Waals surface area contributed by atoms with Crippen LogP contribution in [0.5, 0.6) is 11.5 Å². The molecule has 3 nitrogen and oxygen atoms in total. The van der Waals surface area contributed by atoms with Crippen LogP contribution in [0.15, 0.2) is 24.3 Å². The molecule has 0 saturated heterocycles. The van der Waals surface area contributed by atoms with Crippen molar-refractivity contribution in [1.82, 2.24) is 5.32 Å². The molecule has 0 amide bonds. The number of nitrogens with one attached hydrogen (secondary N) is 1. The first-order valence-corrected chi connectivity index (χ1v) is 5.63. The third-order valence-electron chi connectivity index (χ3n) is 3.18. The van der Waals surface area contributed by atoms with Crippen molar-refractivity contribution in [3.63, 3.8) is 0 Å². The predicted molar refractivity (Wildman–Crippen MR) is 70.1 cm³/mol. The van der Waals surface area contributed by atoms with E-state index in [2.05, 4.69) is 17.5 Å². The molecule has 0 bridgehead atoms. The highest BCUT2D eigenvalue weighted by Crippen LogP contribution is 2.36. The van der Waals surface area contributed by atoms with Gasteiger partial charge >= 0.3 is 0 Å². The fraction of sp³-hybridized carbons (Fsp3) is 0.385. The van der Waals surface area contributed by atoms with Crippen LogP contribution in [0.2, 0.25) is 0 Å². The molecule has 0 fully saturated rings. The molecule has 1 unspecified atom stereocenters. The molecule has 1 atom stereocenters. The molecule has 92 valence electrons. The predicted octanol–water partition coefficient (Wildman–Crippen LogP) is 2.25. The van der Waals surface area contributed by atoms with Gasteiger partial charge in [0.1, 0.15) is 18.1 Å². The van der Waals surface area contributed by atoms with Gasteiger partial charge in [-0.3, -0.25) is 0 Å². The van der Waals surface area contributed by atoms with Crippen molar-refractivity contribution >= 4 is 18.0 Å². The number of methoxy groups -OCH3 is 1. The van der Waals surface area contributed by atoms with Gasteiger partial charge in [0.25, 0.3) is 0 Å². The lowest BCUT2D eigenvalue weighted by Gasteiger charge is -2.32. The first-order chi connectivity index (χ1) is 7.88. The van der Waals surface area contributed by atoms with Crippen molar-refractivity contribution in [1.29, 1.82) is 0 Å². The van der Waals surface area contributed by atoms with E-state index >= 15 is 0 Å². The normalized spacial score (nSPS) is 21.2. The van der Waals surface area contributed by atoms with E-state index in [0.717, 1.165) is 31.1 Å². The monoisotopic (exact) mass is 253 g/mol. The second-order valence-corrected chi connectivity index (χ2v) is 4.13. The SMILES string of the molecule is COc1ccc2c(c1)C1=CCCNC1CO2.Cl. The van der Waals surface area contributed by atoms with E-state index in [1.807, 2.05) is 12.1 Å². The van der Waals surface area contributed by atoms with Crippen molar-refractivity contribution in [3.8, 4) is 11.5 Å². The Labute approximate surface area is 107 Å². The number of hydrogen-bond acceptors (Lipinski definition) is 3. The largest absolute Gasteiger partial charge is 0.497 e. The zero-order chi connectivity index (χ0) is 11.0. The molecule has 3 rings (SSSR count). The lowest BCUT2D eigenvalue weighted by Crippen LogP contribution is -2.41. The summed E-state index contributed by atoms with van der Waals surface area (Å²) in [6.07, 6.45) is 3.39. The maximum absolute atomic E-state index is 5.73. The Morgan fingerprint density at radius 3 is 3.12 bits per heavy atom. The molecule has 0 saturated carbocycles. The summed E-state index contributed by atoms with van der Waals surface area (Å²) in [6, 6.07) is 6.32. The quantitative estimate of drug-likeness (QED) is 0.833. The van der Waals surface area contributed by atoms with Crippen LogP contribution in [0.4, 0.5) is 0 Å². The molecule has 1 N–H and O–H groups in total. The first-order valence-electron chi connectivity index (χ1n) is 5.63. The van der Waals surface area contributed by atoms with Gasteiger partial charge < -0.3 is 14.8 Å². The smallest absolute Gasteiger partial charge is 0.127 e. The number of benzene rings is 1. The second-order valence-electron chi connectivity index (χ2n) is 4.13. The standard InChI is InChI=1S/C13H15NO2.ClH/c1-15-9-4-5-13-11(7-9)10-3-2-6-14-12(10)8-16-13;/h3-5,7,12,14H,2,6,8H2,1H3;1H. The highest BCUT2D eigenvalue weighted by atomic mass is 35.5. The topological polar surface area (TPSA) is 30.5 Å². The van der Waals surface area contributed by atoms with Crippen LogP contribution in [0, 0.1) is 0 Å². The number of rotatable bonds is 1. The van der Waals surface area contributed by atoms with Crippen LogP contribution in [0.3, 0.4) is 0 Å². The molecule has 0 aromatic heterocycles. The zero-order valence-electron chi connectivity index (χ0n) is 9.73. The van der Waals surface area contributed by atoms with Crippen LogP contribution < -0.4 is 14.8 Å². The van der Waals surface area contributed by atoms with E-state index in [0.29, 0.717) is 6.04 Å². The Kier molecular flexibility index (Phi) is 3.60. The Morgan fingerprint density at radius 1 is 1.41 bits per heavy atom. The van der Waals surface area contributed by atoms with Crippen molar-refractivity contribution in [3.05, 3.63) is 29.8 Å². The van der Waals surface area contributed by atoms with Gasteiger partial charge in [0.05, 0.1) is 13.2 Å². The molecule has 0 spiro atoms. The Morgan fingerprint density at radius 2 is 2.29 bits per heavy atom. The van der Waals surface area contributed by atoms with Crippen LogP contribution in [0.25, 0.3) is 5.57 Å². The third kappa shape index (κ3) is 2.13. The van der Waals surface area contributed by atoms with E-state index in [-0.39, 0.29) is 12.4 Å². The summed E-state index contributed by atoms with van der Waals surface area (Å²) in [5, 5.41) is 3.47. The highest BCUT2D eigenvalue weighted by molar-refractivity contribution is 5.85. The van der Waals surface area contributed by atoms with Crippen molar-refractivity contribution < 1.29 is 9.47 Å².